The van der Waals surface area contributed by atoms with E-state index in [0.717, 1.165) is 6.61 Å². The second-order valence-electron chi connectivity index (χ2n) is 3.33. The summed E-state index contributed by atoms with van der Waals surface area (Å²) in [5, 5.41) is 0. The van der Waals surface area contributed by atoms with E-state index < -0.39 is 0 Å². The summed E-state index contributed by atoms with van der Waals surface area (Å²) in [7, 11) is 0. The van der Waals surface area contributed by atoms with Gasteiger partial charge in [0.25, 0.3) is 0 Å². The number of hydrogen-bond acceptors (Lipinski definition) is 2. The average molecular weight is 159 g/mol. The van der Waals surface area contributed by atoms with E-state index in [2.05, 4.69) is 20.8 Å². The van der Waals surface area contributed by atoms with Crippen molar-refractivity contribution in [3.8, 4) is 0 Å². The Hall–Kier alpha value is -0.0800. The van der Waals surface area contributed by atoms with Gasteiger partial charge >= 0.3 is 0 Å². The van der Waals surface area contributed by atoms with Crippen LogP contribution in [0.4, 0.5) is 0 Å². The molecule has 2 atom stereocenters. The summed E-state index contributed by atoms with van der Waals surface area (Å²) in [5.74, 6) is 1.20. The molecule has 0 aromatic heterocycles. The second kappa shape index (κ2) is 5.56. The Labute approximate surface area is 70.1 Å². The Morgan fingerprint density at radius 3 is 2.09 bits per heavy atom. The summed E-state index contributed by atoms with van der Waals surface area (Å²) in [6, 6.07) is 0. The summed E-state index contributed by atoms with van der Waals surface area (Å²) in [6.45, 7) is 10.00. The zero-order valence-electron chi connectivity index (χ0n) is 8.13. The monoisotopic (exact) mass is 159 g/mol. The zero-order chi connectivity index (χ0) is 8.85. The maximum Gasteiger partial charge on any atom is 0.0725 e. The maximum absolute atomic E-state index is 5.57. The van der Waals surface area contributed by atoms with Crippen LogP contribution in [0.25, 0.3) is 0 Å². The molecule has 0 radical (unpaired) electrons. The molecule has 0 aliphatic rings. The van der Waals surface area contributed by atoms with E-state index in [4.69, 9.17) is 10.5 Å². The number of ether oxygens (including phenoxy) is 1. The lowest BCUT2D eigenvalue weighted by molar-refractivity contribution is 0.0172. The fourth-order valence-corrected chi connectivity index (χ4v) is 1.08. The Balaban J connectivity index is 3.81. The van der Waals surface area contributed by atoms with Crippen molar-refractivity contribution in [3.63, 3.8) is 0 Å². The largest absolute Gasteiger partial charge is 0.377 e. The molecule has 0 heterocycles. The van der Waals surface area contributed by atoms with Crippen molar-refractivity contribution in [1.29, 1.82) is 0 Å². The van der Waals surface area contributed by atoms with Crippen molar-refractivity contribution >= 4 is 0 Å². The zero-order valence-corrected chi connectivity index (χ0v) is 8.13. The second-order valence-corrected chi connectivity index (χ2v) is 3.33. The molecular weight excluding hydrogens is 138 g/mol. The van der Waals surface area contributed by atoms with Gasteiger partial charge in [0, 0.05) is 13.2 Å². The van der Waals surface area contributed by atoms with Gasteiger partial charge in [-0.2, -0.15) is 0 Å². The molecule has 11 heavy (non-hydrogen) atoms. The summed E-state index contributed by atoms with van der Waals surface area (Å²) < 4.78 is 5.49. The summed E-state index contributed by atoms with van der Waals surface area (Å²) in [5.41, 5.74) is 5.57. The molecule has 0 aliphatic carbocycles. The van der Waals surface area contributed by atoms with E-state index in [1.807, 2.05) is 6.92 Å². The molecule has 0 spiro atoms. The van der Waals surface area contributed by atoms with E-state index in [1.165, 1.54) is 0 Å². The molecule has 0 saturated carbocycles. The van der Waals surface area contributed by atoms with Gasteiger partial charge in [-0.3, -0.25) is 0 Å². The van der Waals surface area contributed by atoms with Gasteiger partial charge in [0.05, 0.1) is 6.10 Å². The molecule has 0 bridgehead atoms. The van der Waals surface area contributed by atoms with Crippen LogP contribution >= 0.6 is 0 Å². The van der Waals surface area contributed by atoms with Crippen LogP contribution in [0.3, 0.4) is 0 Å². The highest BCUT2D eigenvalue weighted by molar-refractivity contribution is 4.69. The minimum absolute atomic E-state index is 0.236. The first-order valence-electron chi connectivity index (χ1n) is 4.45. The fourth-order valence-electron chi connectivity index (χ4n) is 1.08. The SMILES string of the molecule is CCOC(CN)C(C)C(C)C. The van der Waals surface area contributed by atoms with Crippen molar-refractivity contribution < 1.29 is 4.74 Å². The average Bonchev–Trinajstić information content (AvgIpc) is 1.98. The predicted molar refractivity (Wildman–Crippen MR) is 48.5 cm³/mol. The van der Waals surface area contributed by atoms with Crippen LogP contribution in [0.5, 0.6) is 0 Å². The predicted octanol–water partition coefficient (Wildman–Crippen LogP) is 1.64. The highest BCUT2D eigenvalue weighted by atomic mass is 16.5. The van der Waals surface area contributed by atoms with Gasteiger partial charge in [0.15, 0.2) is 0 Å². The third kappa shape index (κ3) is 3.73. The van der Waals surface area contributed by atoms with Crippen LogP contribution in [0, 0.1) is 11.8 Å². The standard InChI is InChI=1S/C9H21NO/c1-5-11-9(6-10)8(4)7(2)3/h7-9H,5-6,10H2,1-4H3. The molecule has 0 aliphatic heterocycles. The quantitative estimate of drug-likeness (QED) is 0.662. The van der Waals surface area contributed by atoms with Gasteiger partial charge in [0.1, 0.15) is 0 Å². The van der Waals surface area contributed by atoms with Gasteiger partial charge in [-0.15, -0.1) is 0 Å². The van der Waals surface area contributed by atoms with E-state index in [9.17, 15) is 0 Å². The molecule has 2 N–H and O–H groups in total. The third-order valence-corrected chi connectivity index (χ3v) is 2.25. The Bertz CT molecular complexity index is 93.6. The lowest BCUT2D eigenvalue weighted by Crippen LogP contribution is -2.33. The highest BCUT2D eigenvalue weighted by Gasteiger charge is 2.18. The molecule has 68 valence electrons. The Kier molecular flexibility index (Phi) is 5.51. The van der Waals surface area contributed by atoms with Crippen LogP contribution in [-0.4, -0.2) is 19.3 Å². The Morgan fingerprint density at radius 1 is 1.27 bits per heavy atom. The third-order valence-electron chi connectivity index (χ3n) is 2.25. The summed E-state index contributed by atoms with van der Waals surface area (Å²) >= 11 is 0. The van der Waals surface area contributed by atoms with Crippen molar-refractivity contribution in [2.75, 3.05) is 13.2 Å². The molecule has 2 heteroatoms. The van der Waals surface area contributed by atoms with Gasteiger partial charge in [-0.25, -0.2) is 0 Å². The minimum atomic E-state index is 0.236. The first-order chi connectivity index (χ1) is 5.13. The van der Waals surface area contributed by atoms with Gasteiger partial charge in [0.2, 0.25) is 0 Å². The van der Waals surface area contributed by atoms with Crippen molar-refractivity contribution in [1.82, 2.24) is 0 Å². The molecular formula is C9H21NO. The molecule has 2 nitrogen and oxygen atoms in total. The van der Waals surface area contributed by atoms with Gasteiger partial charge < -0.3 is 10.5 Å². The number of hydrogen-bond donors (Lipinski definition) is 1. The lowest BCUT2D eigenvalue weighted by atomic mass is 9.92. The minimum Gasteiger partial charge on any atom is -0.377 e. The van der Waals surface area contributed by atoms with Crippen LogP contribution in [0.2, 0.25) is 0 Å². The normalized spacial score (nSPS) is 16.9. The molecule has 0 rings (SSSR count). The van der Waals surface area contributed by atoms with Crippen molar-refractivity contribution in [2.24, 2.45) is 17.6 Å². The van der Waals surface area contributed by atoms with Crippen LogP contribution < -0.4 is 5.73 Å². The van der Waals surface area contributed by atoms with Crippen LogP contribution in [0.15, 0.2) is 0 Å². The molecule has 0 fully saturated rings. The number of nitrogens with two attached hydrogens (primary N) is 1. The molecule has 0 saturated heterocycles. The lowest BCUT2D eigenvalue weighted by Gasteiger charge is -2.25. The summed E-state index contributed by atoms with van der Waals surface area (Å²) in [6.07, 6.45) is 0.236. The van der Waals surface area contributed by atoms with E-state index >= 15 is 0 Å². The highest BCUT2D eigenvalue weighted by Crippen LogP contribution is 2.16. The smallest absolute Gasteiger partial charge is 0.0725 e. The topological polar surface area (TPSA) is 35.2 Å². The van der Waals surface area contributed by atoms with E-state index in [1.54, 1.807) is 0 Å². The van der Waals surface area contributed by atoms with Gasteiger partial charge in [-0.1, -0.05) is 20.8 Å². The molecule has 0 aromatic rings. The number of rotatable bonds is 5. The van der Waals surface area contributed by atoms with Gasteiger partial charge in [-0.05, 0) is 18.8 Å². The first kappa shape index (κ1) is 10.9. The van der Waals surface area contributed by atoms with Crippen LogP contribution in [0.1, 0.15) is 27.7 Å². The maximum atomic E-state index is 5.57. The summed E-state index contributed by atoms with van der Waals surface area (Å²) in [4.78, 5) is 0. The van der Waals surface area contributed by atoms with Crippen molar-refractivity contribution in [2.45, 2.75) is 33.8 Å². The molecule has 0 aromatic carbocycles. The van der Waals surface area contributed by atoms with E-state index in [0.29, 0.717) is 18.4 Å². The van der Waals surface area contributed by atoms with E-state index in [-0.39, 0.29) is 6.10 Å². The molecule has 2 unspecified atom stereocenters. The van der Waals surface area contributed by atoms with Crippen LogP contribution in [-0.2, 0) is 4.74 Å². The Morgan fingerprint density at radius 2 is 1.82 bits per heavy atom. The fraction of sp³-hybridized carbons (Fsp3) is 1.00. The molecule has 0 amide bonds. The first-order valence-corrected chi connectivity index (χ1v) is 4.45. The van der Waals surface area contributed by atoms with Crippen molar-refractivity contribution in [3.05, 3.63) is 0 Å².